The molecule has 0 bridgehead atoms. The van der Waals surface area contributed by atoms with Gasteiger partial charge in [0, 0.05) is 24.0 Å². The van der Waals surface area contributed by atoms with Crippen molar-refractivity contribution < 1.29 is 9.63 Å². The number of hydrogen-bond donors (Lipinski definition) is 1. The van der Waals surface area contributed by atoms with Crippen LogP contribution in [0.1, 0.15) is 31.5 Å². The number of aliphatic hydroxyl groups is 1. The molecule has 0 saturated carbocycles. The summed E-state index contributed by atoms with van der Waals surface area (Å²) in [6.45, 7) is 4.27. The normalized spacial score (nSPS) is 25.7. The van der Waals surface area contributed by atoms with Crippen LogP contribution in [0.25, 0.3) is 11.5 Å². The zero-order valence-electron chi connectivity index (χ0n) is 13.8. The van der Waals surface area contributed by atoms with Crippen LogP contribution in [0.3, 0.4) is 0 Å². The minimum atomic E-state index is 0.279. The van der Waals surface area contributed by atoms with Gasteiger partial charge in [-0.15, -0.1) is 0 Å². The Kier molecular flexibility index (Phi) is 4.93. The third-order valence-electron chi connectivity index (χ3n) is 5.23. The Morgan fingerprint density at radius 2 is 2.04 bits per heavy atom. The van der Waals surface area contributed by atoms with Crippen LogP contribution in [-0.2, 0) is 6.54 Å². The van der Waals surface area contributed by atoms with E-state index in [1.54, 1.807) is 11.3 Å². The quantitative estimate of drug-likeness (QED) is 0.863. The third-order valence-corrected chi connectivity index (χ3v) is 5.92. The molecule has 2 atom stereocenters. The van der Waals surface area contributed by atoms with Crippen molar-refractivity contribution in [2.45, 2.75) is 44.3 Å². The maximum absolute atomic E-state index is 9.52. The van der Waals surface area contributed by atoms with Crippen LogP contribution >= 0.6 is 11.3 Å². The van der Waals surface area contributed by atoms with E-state index in [0.29, 0.717) is 18.0 Å². The second-order valence-corrected chi connectivity index (χ2v) is 7.55. The van der Waals surface area contributed by atoms with Crippen molar-refractivity contribution in [1.29, 1.82) is 0 Å². The Hall–Kier alpha value is -1.28. The highest BCUT2D eigenvalue weighted by atomic mass is 32.1. The molecule has 4 rings (SSSR count). The van der Waals surface area contributed by atoms with Gasteiger partial charge < -0.3 is 9.63 Å². The SMILES string of the molecule is OCC1CCCN1CC1CCCN1Cc1noc(-c2ccsc2)n1. The van der Waals surface area contributed by atoms with Gasteiger partial charge in [0.2, 0.25) is 0 Å². The summed E-state index contributed by atoms with van der Waals surface area (Å²) in [6.07, 6.45) is 4.76. The zero-order chi connectivity index (χ0) is 16.4. The Balaban J connectivity index is 1.38. The summed E-state index contributed by atoms with van der Waals surface area (Å²) in [5.74, 6) is 1.38. The molecule has 0 amide bonds. The lowest BCUT2D eigenvalue weighted by molar-refractivity contribution is 0.118. The number of hydrogen-bond acceptors (Lipinski definition) is 7. The lowest BCUT2D eigenvalue weighted by Crippen LogP contribution is -2.43. The number of aliphatic hydroxyl groups excluding tert-OH is 1. The van der Waals surface area contributed by atoms with E-state index >= 15 is 0 Å². The monoisotopic (exact) mass is 348 g/mol. The van der Waals surface area contributed by atoms with Crippen molar-refractivity contribution in [3.8, 4) is 11.5 Å². The molecule has 0 aliphatic carbocycles. The minimum Gasteiger partial charge on any atom is -0.395 e. The summed E-state index contributed by atoms with van der Waals surface area (Å²) in [5.41, 5.74) is 1.000. The second kappa shape index (κ2) is 7.31. The molecule has 2 aliphatic rings. The van der Waals surface area contributed by atoms with Crippen LogP contribution in [0.15, 0.2) is 21.3 Å². The van der Waals surface area contributed by atoms with Crippen LogP contribution in [0.2, 0.25) is 0 Å². The molecule has 2 saturated heterocycles. The molecule has 2 aromatic heterocycles. The summed E-state index contributed by atoms with van der Waals surface area (Å²) >= 11 is 1.63. The van der Waals surface area contributed by atoms with E-state index in [1.807, 2.05) is 16.8 Å². The van der Waals surface area contributed by atoms with E-state index in [2.05, 4.69) is 19.9 Å². The first-order chi connectivity index (χ1) is 11.8. The van der Waals surface area contributed by atoms with Crippen LogP contribution < -0.4 is 0 Å². The largest absolute Gasteiger partial charge is 0.395 e. The van der Waals surface area contributed by atoms with Crippen molar-refractivity contribution in [2.24, 2.45) is 0 Å². The van der Waals surface area contributed by atoms with Crippen LogP contribution in [0.4, 0.5) is 0 Å². The molecular weight excluding hydrogens is 324 g/mol. The Morgan fingerprint density at radius 3 is 2.83 bits per heavy atom. The summed E-state index contributed by atoms with van der Waals surface area (Å²) in [7, 11) is 0. The van der Waals surface area contributed by atoms with E-state index in [0.717, 1.165) is 44.0 Å². The predicted octanol–water partition coefficient (Wildman–Crippen LogP) is 2.22. The molecule has 0 radical (unpaired) electrons. The zero-order valence-corrected chi connectivity index (χ0v) is 14.6. The topological polar surface area (TPSA) is 65.6 Å². The van der Waals surface area contributed by atoms with Crippen molar-refractivity contribution >= 4 is 11.3 Å². The average Bonchev–Trinajstić information content (AvgIpc) is 3.36. The Morgan fingerprint density at radius 1 is 1.21 bits per heavy atom. The van der Waals surface area contributed by atoms with Crippen LogP contribution in [0.5, 0.6) is 0 Å². The number of nitrogens with zero attached hydrogens (tertiary/aromatic N) is 4. The molecule has 2 aromatic rings. The molecule has 0 spiro atoms. The molecule has 2 unspecified atom stereocenters. The van der Waals surface area contributed by atoms with Gasteiger partial charge in [-0.05, 0) is 50.2 Å². The highest BCUT2D eigenvalue weighted by Gasteiger charge is 2.31. The molecule has 1 N–H and O–H groups in total. The van der Waals surface area contributed by atoms with E-state index in [9.17, 15) is 5.11 Å². The van der Waals surface area contributed by atoms with Gasteiger partial charge in [-0.1, -0.05) is 5.16 Å². The van der Waals surface area contributed by atoms with Gasteiger partial charge in [0.25, 0.3) is 5.89 Å². The first-order valence-electron chi connectivity index (χ1n) is 8.77. The van der Waals surface area contributed by atoms with E-state index in [4.69, 9.17) is 4.52 Å². The predicted molar refractivity (Wildman–Crippen MR) is 92.7 cm³/mol. The first-order valence-corrected chi connectivity index (χ1v) is 9.72. The smallest absolute Gasteiger partial charge is 0.258 e. The molecule has 24 heavy (non-hydrogen) atoms. The number of thiophene rings is 1. The molecule has 2 fully saturated rings. The molecule has 2 aliphatic heterocycles. The van der Waals surface area contributed by atoms with Gasteiger partial charge in [0.1, 0.15) is 0 Å². The van der Waals surface area contributed by atoms with Crippen molar-refractivity contribution in [1.82, 2.24) is 19.9 Å². The van der Waals surface area contributed by atoms with Crippen molar-refractivity contribution in [3.63, 3.8) is 0 Å². The maximum atomic E-state index is 9.52. The minimum absolute atomic E-state index is 0.279. The van der Waals surface area contributed by atoms with Gasteiger partial charge in [0.15, 0.2) is 5.82 Å². The lowest BCUT2D eigenvalue weighted by Gasteiger charge is -2.30. The van der Waals surface area contributed by atoms with Gasteiger partial charge in [0.05, 0.1) is 18.7 Å². The van der Waals surface area contributed by atoms with Crippen LogP contribution in [-0.4, -0.2) is 63.4 Å². The average molecular weight is 348 g/mol. The molecule has 6 nitrogen and oxygen atoms in total. The van der Waals surface area contributed by atoms with E-state index < -0.39 is 0 Å². The fourth-order valence-corrected chi connectivity index (χ4v) is 4.56. The highest BCUT2D eigenvalue weighted by molar-refractivity contribution is 7.08. The van der Waals surface area contributed by atoms with Crippen molar-refractivity contribution in [2.75, 3.05) is 26.2 Å². The molecule has 4 heterocycles. The summed E-state index contributed by atoms with van der Waals surface area (Å²) in [5, 5.41) is 17.7. The molecular formula is C17H24N4O2S. The van der Waals surface area contributed by atoms with Gasteiger partial charge in [-0.3, -0.25) is 9.80 Å². The summed E-state index contributed by atoms with van der Waals surface area (Å²) < 4.78 is 5.40. The highest BCUT2D eigenvalue weighted by Crippen LogP contribution is 2.25. The van der Waals surface area contributed by atoms with Crippen LogP contribution in [0, 0.1) is 0 Å². The fourth-order valence-electron chi connectivity index (χ4n) is 3.93. The number of rotatable bonds is 6. The summed E-state index contributed by atoms with van der Waals surface area (Å²) in [6, 6.07) is 2.88. The lowest BCUT2D eigenvalue weighted by atomic mass is 10.2. The second-order valence-electron chi connectivity index (χ2n) is 6.77. The van der Waals surface area contributed by atoms with Crippen molar-refractivity contribution in [3.05, 3.63) is 22.7 Å². The van der Waals surface area contributed by atoms with E-state index in [1.165, 1.54) is 19.3 Å². The molecule has 130 valence electrons. The Bertz CT molecular complexity index is 645. The number of aromatic nitrogens is 2. The van der Waals surface area contributed by atoms with Gasteiger partial charge in [-0.2, -0.15) is 16.3 Å². The van der Waals surface area contributed by atoms with Gasteiger partial charge >= 0.3 is 0 Å². The Labute approximate surface area is 146 Å². The standard InChI is InChI=1S/C17H24N4O2S/c22-11-15-4-2-6-20(15)9-14-3-1-7-21(14)10-16-18-17(23-19-16)13-5-8-24-12-13/h5,8,12,14-15,22H,1-4,6-7,9-11H2. The summed E-state index contributed by atoms with van der Waals surface area (Å²) in [4.78, 5) is 9.47. The van der Waals surface area contributed by atoms with Gasteiger partial charge in [-0.25, -0.2) is 0 Å². The van der Waals surface area contributed by atoms with E-state index in [-0.39, 0.29) is 6.61 Å². The fraction of sp³-hybridized carbons (Fsp3) is 0.647. The first kappa shape index (κ1) is 16.2. The maximum Gasteiger partial charge on any atom is 0.258 e. The third kappa shape index (κ3) is 3.39. The number of likely N-dealkylation sites (tertiary alicyclic amines) is 2. The molecule has 7 heteroatoms. The molecule has 0 aromatic carbocycles.